The van der Waals surface area contributed by atoms with Gasteiger partial charge in [0.25, 0.3) is 0 Å². The molecule has 0 saturated carbocycles. The van der Waals surface area contributed by atoms with E-state index in [-0.39, 0.29) is 0 Å². The van der Waals surface area contributed by atoms with Crippen molar-refractivity contribution in [3.63, 3.8) is 0 Å². The number of hydrogen-bond acceptors (Lipinski definition) is 2. The Morgan fingerprint density at radius 1 is 1.17 bits per heavy atom. The van der Waals surface area contributed by atoms with Crippen LogP contribution in [0.2, 0.25) is 5.02 Å². The maximum absolute atomic E-state index is 5.87. The Morgan fingerprint density at radius 3 is 2.67 bits per heavy atom. The molecule has 0 atom stereocenters. The molecule has 5 heteroatoms. The maximum atomic E-state index is 5.87. The van der Waals surface area contributed by atoms with Crippen molar-refractivity contribution in [3.8, 4) is 5.75 Å². The Kier molecular flexibility index (Phi) is 4.54. The monoisotopic (exact) mass is 389 g/mol. The lowest BCUT2D eigenvalue weighted by Gasteiger charge is -2.10. The van der Waals surface area contributed by atoms with E-state index in [1.165, 1.54) is 0 Å². The molecule has 0 spiro atoms. The van der Waals surface area contributed by atoms with Crippen molar-refractivity contribution in [1.82, 2.24) is 0 Å². The molecule has 0 amide bonds. The smallest absolute Gasteiger partial charge is 0.134 e. The van der Waals surface area contributed by atoms with Crippen LogP contribution < -0.4 is 10.5 Å². The molecule has 0 aromatic heterocycles. The standard InChI is InChI=1S/C13H10Br2ClNO/c14-10-6-9(16)4-5-12(10)18-7-8-2-1-3-11(17)13(8)15/h1-6H,7,17H2. The number of ether oxygens (including phenoxy) is 1. The summed E-state index contributed by atoms with van der Waals surface area (Å²) in [4.78, 5) is 0. The number of nitrogen functional groups attached to an aromatic ring is 1. The summed E-state index contributed by atoms with van der Waals surface area (Å²) in [6.07, 6.45) is 0. The molecule has 94 valence electrons. The molecule has 0 saturated heterocycles. The first-order valence-corrected chi connectivity index (χ1v) is 7.15. The molecular weight excluding hydrogens is 381 g/mol. The van der Waals surface area contributed by atoms with Crippen molar-refractivity contribution >= 4 is 49.1 Å². The summed E-state index contributed by atoms with van der Waals surface area (Å²) in [6.45, 7) is 0.436. The van der Waals surface area contributed by atoms with Gasteiger partial charge in [-0.25, -0.2) is 0 Å². The maximum Gasteiger partial charge on any atom is 0.134 e. The van der Waals surface area contributed by atoms with E-state index in [2.05, 4.69) is 31.9 Å². The van der Waals surface area contributed by atoms with Gasteiger partial charge >= 0.3 is 0 Å². The molecule has 0 unspecified atom stereocenters. The second-order valence-electron chi connectivity index (χ2n) is 3.68. The van der Waals surface area contributed by atoms with Crippen LogP contribution in [0.1, 0.15) is 5.56 Å². The fourth-order valence-electron chi connectivity index (χ4n) is 1.46. The van der Waals surface area contributed by atoms with E-state index in [4.69, 9.17) is 22.1 Å². The summed E-state index contributed by atoms with van der Waals surface area (Å²) >= 11 is 12.7. The lowest BCUT2D eigenvalue weighted by Crippen LogP contribution is -1.99. The molecule has 2 aromatic rings. The third-order valence-electron chi connectivity index (χ3n) is 2.39. The topological polar surface area (TPSA) is 35.2 Å². The summed E-state index contributed by atoms with van der Waals surface area (Å²) in [5.41, 5.74) is 7.51. The van der Waals surface area contributed by atoms with Gasteiger partial charge in [-0.1, -0.05) is 23.7 Å². The second-order valence-corrected chi connectivity index (χ2v) is 5.77. The molecule has 2 rings (SSSR count). The van der Waals surface area contributed by atoms with Crippen molar-refractivity contribution < 1.29 is 4.74 Å². The molecule has 0 heterocycles. The SMILES string of the molecule is Nc1cccc(COc2ccc(Cl)cc2Br)c1Br. The average Bonchev–Trinajstić information content (AvgIpc) is 2.33. The van der Waals surface area contributed by atoms with Crippen LogP contribution in [0.15, 0.2) is 45.3 Å². The molecular formula is C13H10Br2ClNO. The predicted molar refractivity (Wildman–Crippen MR) is 82.0 cm³/mol. The third-order valence-corrected chi connectivity index (χ3v) is 4.21. The second kappa shape index (κ2) is 5.95. The zero-order valence-electron chi connectivity index (χ0n) is 9.29. The Labute approximate surface area is 127 Å². The molecule has 0 fully saturated rings. The quantitative estimate of drug-likeness (QED) is 0.745. The number of hydrogen-bond donors (Lipinski definition) is 1. The van der Waals surface area contributed by atoms with Crippen LogP contribution in [0.25, 0.3) is 0 Å². The predicted octanol–water partition coefficient (Wildman–Crippen LogP) is 5.03. The van der Waals surface area contributed by atoms with Crippen molar-refractivity contribution in [3.05, 3.63) is 55.9 Å². The molecule has 18 heavy (non-hydrogen) atoms. The highest BCUT2D eigenvalue weighted by atomic mass is 79.9. The van der Waals surface area contributed by atoms with Gasteiger partial charge in [-0.05, 0) is 56.1 Å². The minimum Gasteiger partial charge on any atom is -0.488 e. The van der Waals surface area contributed by atoms with Crippen LogP contribution in [0.3, 0.4) is 0 Å². The van der Waals surface area contributed by atoms with Crippen LogP contribution in [0.5, 0.6) is 5.75 Å². The first-order valence-electron chi connectivity index (χ1n) is 5.18. The lowest BCUT2D eigenvalue weighted by atomic mass is 10.2. The van der Waals surface area contributed by atoms with Crippen LogP contribution in [-0.2, 0) is 6.61 Å². The van der Waals surface area contributed by atoms with Gasteiger partial charge in [-0.3, -0.25) is 0 Å². The number of nitrogens with two attached hydrogens (primary N) is 1. The molecule has 0 bridgehead atoms. The van der Waals surface area contributed by atoms with Crippen LogP contribution in [-0.4, -0.2) is 0 Å². The van der Waals surface area contributed by atoms with E-state index < -0.39 is 0 Å². The zero-order chi connectivity index (χ0) is 13.1. The molecule has 2 aromatic carbocycles. The third kappa shape index (κ3) is 3.19. The lowest BCUT2D eigenvalue weighted by molar-refractivity contribution is 0.303. The van der Waals surface area contributed by atoms with E-state index in [1.807, 2.05) is 24.3 Å². The molecule has 0 aliphatic heterocycles. The van der Waals surface area contributed by atoms with Crippen molar-refractivity contribution in [2.45, 2.75) is 6.61 Å². The minimum absolute atomic E-state index is 0.436. The normalized spacial score (nSPS) is 10.4. The fourth-order valence-corrected chi connectivity index (χ4v) is 2.63. The van der Waals surface area contributed by atoms with Crippen LogP contribution >= 0.6 is 43.5 Å². The number of anilines is 1. The van der Waals surface area contributed by atoms with E-state index in [0.29, 0.717) is 17.3 Å². The highest BCUT2D eigenvalue weighted by Gasteiger charge is 2.06. The summed E-state index contributed by atoms with van der Waals surface area (Å²) in [5, 5.41) is 0.666. The van der Waals surface area contributed by atoms with Gasteiger partial charge in [0.05, 0.1) is 4.47 Å². The number of benzene rings is 2. The zero-order valence-corrected chi connectivity index (χ0v) is 13.2. The molecule has 2 nitrogen and oxygen atoms in total. The molecule has 0 aliphatic carbocycles. The first-order chi connectivity index (χ1) is 8.58. The Morgan fingerprint density at radius 2 is 1.94 bits per heavy atom. The van der Waals surface area contributed by atoms with Gasteiger partial charge in [-0.2, -0.15) is 0 Å². The van der Waals surface area contributed by atoms with Gasteiger partial charge in [0.15, 0.2) is 0 Å². The average molecular weight is 391 g/mol. The highest BCUT2D eigenvalue weighted by molar-refractivity contribution is 9.11. The highest BCUT2D eigenvalue weighted by Crippen LogP contribution is 2.30. The Balaban J connectivity index is 2.14. The summed E-state index contributed by atoms with van der Waals surface area (Å²) in [6, 6.07) is 11.1. The van der Waals surface area contributed by atoms with Gasteiger partial charge < -0.3 is 10.5 Å². The summed E-state index contributed by atoms with van der Waals surface area (Å²) < 4.78 is 7.42. The summed E-state index contributed by atoms with van der Waals surface area (Å²) in [7, 11) is 0. The van der Waals surface area contributed by atoms with Gasteiger partial charge in [-0.15, -0.1) is 0 Å². The molecule has 2 N–H and O–H groups in total. The number of rotatable bonds is 3. The van der Waals surface area contributed by atoms with Gasteiger partial charge in [0.1, 0.15) is 12.4 Å². The largest absolute Gasteiger partial charge is 0.488 e. The fraction of sp³-hybridized carbons (Fsp3) is 0.0769. The minimum atomic E-state index is 0.436. The van der Waals surface area contributed by atoms with Gasteiger partial charge in [0.2, 0.25) is 0 Å². The Bertz CT molecular complexity index is 575. The van der Waals surface area contributed by atoms with Crippen molar-refractivity contribution in [2.75, 3.05) is 5.73 Å². The van der Waals surface area contributed by atoms with E-state index in [1.54, 1.807) is 12.1 Å². The van der Waals surface area contributed by atoms with Crippen molar-refractivity contribution in [1.29, 1.82) is 0 Å². The van der Waals surface area contributed by atoms with Crippen molar-refractivity contribution in [2.24, 2.45) is 0 Å². The van der Waals surface area contributed by atoms with E-state index >= 15 is 0 Å². The van der Waals surface area contributed by atoms with Gasteiger partial charge in [0, 0.05) is 20.7 Å². The molecule has 0 aliphatic rings. The van der Waals surface area contributed by atoms with E-state index in [9.17, 15) is 0 Å². The van der Waals surface area contributed by atoms with Crippen LogP contribution in [0, 0.1) is 0 Å². The summed E-state index contributed by atoms with van der Waals surface area (Å²) in [5.74, 6) is 0.744. The Hall–Kier alpha value is -0.710. The first kappa shape index (κ1) is 13.7. The molecule has 0 radical (unpaired) electrons. The van der Waals surface area contributed by atoms with Crippen LogP contribution in [0.4, 0.5) is 5.69 Å². The number of halogens is 3. The van der Waals surface area contributed by atoms with E-state index in [0.717, 1.165) is 20.3 Å².